The van der Waals surface area contributed by atoms with Crippen molar-refractivity contribution >= 4 is 11.5 Å². The van der Waals surface area contributed by atoms with Crippen molar-refractivity contribution in [1.29, 1.82) is 0 Å². The molecule has 0 aromatic heterocycles. The molecule has 0 amide bonds. The second-order valence-electron chi connectivity index (χ2n) is 4.66. The van der Waals surface area contributed by atoms with Crippen LogP contribution in [-0.4, -0.2) is 11.8 Å². The molecule has 90 valence electrons. The Bertz CT molecular complexity index is 422. The number of Topliss-reactive ketones (excluding diaryl/α,β-unsaturated/α-hetero) is 1. The lowest BCUT2D eigenvalue weighted by Gasteiger charge is -2.26. The summed E-state index contributed by atoms with van der Waals surface area (Å²) >= 11 is 0. The number of allylic oxidation sites excluding steroid dienone is 1. The fraction of sp³-hybridized carbons (Fsp3) is 0.400. The fourth-order valence-electron chi connectivity index (χ4n) is 2.34. The molecule has 1 aromatic carbocycles. The van der Waals surface area contributed by atoms with Crippen molar-refractivity contribution in [2.24, 2.45) is 5.92 Å². The first-order chi connectivity index (χ1) is 8.20. The minimum atomic E-state index is 0.135. The minimum absolute atomic E-state index is 0.135. The Kier molecular flexibility index (Phi) is 3.62. The van der Waals surface area contributed by atoms with Gasteiger partial charge in [0.25, 0.3) is 0 Å². The zero-order valence-electron chi connectivity index (χ0n) is 10.4. The summed E-state index contributed by atoms with van der Waals surface area (Å²) in [7, 11) is 0. The van der Waals surface area contributed by atoms with Crippen LogP contribution >= 0.6 is 0 Å². The summed E-state index contributed by atoms with van der Waals surface area (Å²) in [6, 6.07) is 10.4. The highest BCUT2D eigenvalue weighted by atomic mass is 16.1. The Morgan fingerprint density at radius 2 is 2.00 bits per heavy atom. The number of anilines is 1. The summed E-state index contributed by atoms with van der Waals surface area (Å²) in [5.41, 5.74) is 2.09. The highest BCUT2D eigenvalue weighted by Gasteiger charge is 2.25. The van der Waals surface area contributed by atoms with Gasteiger partial charge in [-0.2, -0.15) is 0 Å². The first kappa shape index (κ1) is 11.9. The predicted molar refractivity (Wildman–Crippen MR) is 71.0 cm³/mol. The molecule has 2 heteroatoms. The normalized spacial score (nSPS) is 24.4. The molecule has 1 N–H and O–H groups in total. The zero-order chi connectivity index (χ0) is 12.3. The summed E-state index contributed by atoms with van der Waals surface area (Å²) in [5, 5.41) is 3.47. The molecule has 2 unspecified atom stereocenters. The smallest absolute Gasteiger partial charge is 0.161 e. The molecule has 0 saturated carbocycles. The zero-order valence-corrected chi connectivity index (χ0v) is 10.4. The van der Waals surface area contributed by atoms with Gasteiger partial charge >= 0.3 is 0 Å². The molecule has 1 aromatic rings. The first-order valence-corrected chi connectivity index (χ1v) is 6.27. The van der Waals surface area contributed by atoms with Crippen molar-refractivity contribution in [3.8, 4) is 0 Å². The number of nitrogens with one attached hydrogen (secondary N) is 1. The van der Waals surface area contributed by atoms with Crippen molar-refractivity contribution in [2.75, 3.05) is 5.32 Å². The standard InChI is InChI=1S/C15H19NO/c1-3-12-10-14(9-11(2)15(12)17)16-13-7-5-4-6-8-13/h4-8,10-11,14,16H,3,9H2,1-2H3. The van der Waals surface area contributed by atoms with Crippen molar-refractivity contribution in [3.63, 3.8) is 0 Å². The molecule has 0 bridgehead atoms. The molecule has 0 spiro atoms. The third kappa shape index (κ3) is 2.76. The topological polar surface area (TPSA) is 29.1 Å². The predicted octanol–water partition coefficient (Wildman–Crippen LogP) is 3.41. The first-order valence-electron chi connectivity index (χ1n) is 6.27. The maximum atomic E-state index is 11.9. The van der Waals surface area contributed by atoms with Gasteiger partial charge in [0, 0.05) is 17.6 Å². The van der Waals surface area contributed by atoms with E-state index < -0.39 is 0 Å². The minimum Gasteiger partial charge on any atom is -0.379 e. The van der Waals surface area contributed by atoms with Crippen LogP contribution in [0.15, 0.2) is 42.0 Å². The van der Waals surface area contributed by atoms with Crippen LogP contribution in [0.5, 0.6) is 0 Å². The average molecular weight is 229 g/mol. The number of para-hydroxylation sites is 1. The van der Waals surface area contributed by atoms with Crippen LogP contribution in [-0.2, 0) is 4.79 Å². The number of rotatable bonds is 3. The summed E-state index contributed by atoms with van der Waals surface area (Å²) in [5.74, 6) is 0.453. The molecule has 0 aliphatic heterocycles. The average Bonchev–Trinajstić information content (AvgIpc) is 2.35. The molecular formula is C15H19NO. The van der Waals surface area contributed by atoms with Gasteiger partial charge < -0.3 is 5.32 Å². The number of ketones is 1. The summed E-state index contributed by atoms with van der Waals surface area (Å²) in [4.78, 5) is 11.9. The maximum Gasteiger partial charge on any atom is 0.161 e. The van der Waals surface area contributed by atoms with E-state index in [9.17, 15) is 4.79 Å². The Morgan fingerprint density at radius 3 is 2.65 bits per heavy atom. The number of carbonyl (C=O) groups excluding carboxylic acids is 1. The monoisotopic (exact) mass is 229 g/mol. The van der Waals surface area contributed by atoms with Gasteiger partial charge in [-0.05, 0) is 30.5 Å². The van der Waals surface area contributed by atoms with Crippen molar-refractivity contribution in [1.82, 2.24) is 0 Å². The van der Waals surface area contributed by atoms with E-state index >= 15 is 0 Å². The maximum absolute atomic E-state index is 11.9. The van der Waals surface area contributed by atoms with Gasteiger partial charge in [0.1, 0.15) is 0 Å². The van der Waals surface area contributed by atoms with E-state index in [0.717, 1.165) is 24.1 Å². The van der Waals surface area contributed by atoms with Gasteiger partial charge in [-0.25, -0.2) is 0 Å². The molecule has 1 aliphatic rings. The lowest BCUT2D eigenvalue weighted by Crippen LogP contribution is -2.30. The largest absolute Gasteiger partial charge is 0.379 e. The Morgan fingerprint density at radius 1 is 1.29 bits per heavy atom. The molecule has 0 heterocycles. The second kappa shape index (κ2) is 5.17. The van der Waals surface area contributed by atoms with E-state index in [-0.39, 0.29) is 12.0 Å². The van der Waals surface area contributed by atoms with Gasteiger partial charge in [-0.3, -0.25) is 4.79 Å². The molecule has 2 atom stereocenters. The number of benzene rings is 1. The van der Waals surface area contributed by atoms with Crippen LogP contribution in [0.3, 0.4) is 0 Å². The van der Waals surface area contributed by atoms with E-state index in [1.54, 1.807) is 0 Å². The highest BCUT2D eigenvalue weighted by molar-refractivity contribution is 5.98. The van der Waals surface area contributed by atoms with Gasteiger partial charge in [-0.1, -0.05) is 38.1 Å². The lowest BCUT2D eigenvalue weighted by atomic mass is 9.85. The summed E-state index contributed by atoms with van der Waals surface area (Å²) < 4.78 is 0. The van der Waals surface area contributed by atoms with Crippen LogP contribution in [0.4, 0.5) is 5.69 Å². The molecule has 17 heavy (non-hydrogen) atoms. The summed E-state index contributed by atoms with van der Waals surface area (Å²) in [6.45, 7) is 4.06. The Labute approximate surface area is 103 Å². The van der Waals surface area contributed by atoms with E-state index in [2.05, 4.69) is 23.5 Å². The summed E-state index contributed by atoms with van der Waals surface area (Å²) in [6.07, 6.45) is 3.81. The molecule has 1 aliphatic carbocycles. The van der Waals surface area contributed by atoms with Crippen LogP contribution < -0.4 is 5.32 Å². The van der Waals surface area contributed by atoms with Crippen molar-refractivity contribution < 1.29 is 4.79 Å². The van der Waals surface area contributed by atoms with E-state index in [1.807, 2.05) is 32.0 Å². The van der Waals surface area contributed by atoms with Crippen LogP contribution in [0.1, 0.15) is 26.7 Å². The molecular weight excluding hydrogens is 210 g/mol. The number of hydrogen-bond donors (Lipinski definition) is 1. The third-order valence-corrected chi connectivity index (χ3v) is 3.28. The SMILES string of the molecule is CCC1=CC(Nc2ccccc2)CC(C)C1=O. The van der Waals surface area contributed by atoms with Gasteiger partial charge in [-0.15, -0.1) is 0 Å². The van der Waals surface area contributed by atoms with Crippen LogP contribution in [0.2, 0.25) is 0 Å². The molecule has 2 rings (SSSR count). The highest BCUT2D eigenvalue weighted by Crippen LogP contribution is 2.24. The Balaban J connectivity index is 2.12. The molecule has 0 saturated heterocycles. The van der Waals surface area contributed by atoms with E-state index in [4.69, 9.17) is 0 Å². The van der Waals surface area contributed by atoms with E-state index in [0.29, 0.717) is 5.78 Å². The van der Waals surface area contributed by atoms with Gasteiger partial charge in [0.05, 0.1) is 0 Å². The van der Waals surface area contributed by atoms with E-state index in [1.165, 1.54) is 0 Å². The lowest BCUT2D eigenvalue weighted by molar-refractivity contribution is -0.119. The fourth-order valence-corrected chi connectivity index (χ4v) is 2.34. The quantitative estimate of drug-likeness (QED) is 0.860. The van der Waals surface area contributed by atoms with Crippen LogP contribution in [0, 0.1) is 5.92 Å². The second-order valence-corrected chi connectivity index (χ2v) is 4.66. The van der Waals surface area contributed by atoms with Gasteiger partial charge in [0.2, 0.25) is 0 Å². The number of carbonyl (C=O) groups is 1. The van der Waals surface area contributed by atoms with Crippen molar-refractivity contribution in [3.05, 3.63) is 42.0 Å². The third-order valence-electron chi connectivity index (χ3n) is 3.28. The van der Waals surface area contributed by atoms with Gasteiger partial charge in [0.15, 0.2) is 5.78 Å². The van der Waals surface area contributed by atoms with Crippen molar-refractivity contribution in [2.45, 2.75) is 32.7 Å². The Hall–Kier alpha value is -1.57. The number of hydrogen-bond acceptors (Lipinski definition) is 2. The molecule has 0 fully saturated rings. The molecule has 0 radical (unpaired) electrons. The molecule has 2 nitrogen and oxygen atoms in total. The van der Waals surface area contributed by atoms with Crippen LogP contribution in [0.25, 0.3) is 0 Å².